The third-order valence-corrected chi connectivity index (χ3v) is 4.19. The molecule has 0 aliphatic heterocycles. The second-order valence-electron chi connectivity index (χ2n) is 6.18. The average Bonchev–Trinajstić information content (AvgIpc) is 3.23. The van der Waals surface area contributed by atoms with Crippen LogP contribution < -0.4 is 0 Å². The Labute approximate surface area is 145 Å². The van der Waals surface area contributed by atoms with Crippen molar-refractivity contribution in [2.45, 2.75) is 20.0 Å². The van der Waals surface area contributed by atoms with Gasteiger partial charge in [-0.25, -0.2) is 0 Å². The van der Waals surface area contributed by atoms with E-state index in [2.05, 4.69) is 67.8 Å². The molecule has 6 nitrogen and oxygen atoms in total. The molecular weight excluding hydrogens is 314 g/mol. The van der Waals surface area contributed by atoms with Gasteiger partial charge in [0.25, 0.3) is 0 Å². The van der Waals surface area contributed by atoms with Crippen molar-refractivity contribution < 1.29 is 4.42 Å². The number of hydrogen-bond acceptors (Lipinski definition) is 5. The van der Waals surface area contributed by atoms with Gasteiger partial charge >= 0.3 is 0 Å². The third-order valence-electron chi connectivity index (χ3n) is 4.19. The van der Waals surface area contributed by atoms with Crippen LogP contribution in [0, 0.1) is 6.92 Å². The van der Waals surface area contributed by atoms with Crippen molar-refractivity contribution in [3.8, 4) is 11.3 Å². The summed E-state index contributed by atoms with van der Waals surface area (Å²) in [4.78, 5) is 2.13. The Kier molecular flexibility index (Phi) is 4.03. The molecule has 0 amide bonds. The first-order chi connectivity index (χ1) is 12.2. The lowest BCUT2D eigenvalue weighted by Gasteiger charge is -2.15. The predicted molar refractivity (Wildman–Crippen MR) is 95.7 cm³/mol. The van der Waals surface area contributed by atoms with Crippen molar-refractivity contribution in [2.75, 3.05) is 7.05 Å². The van der Waals surface area contributed by atoms with Gasteiger partial charge in [0.2, 0.25) is 11.8 Å². The van der Waals surface area contributed by atoms with Gasteiger partial charge in [0.15, 0.2) is 0 Å². The minimum atomic E-state index is 0.586. The number of nitrogens with zero attached hydrogens (tertiary/aromatic N) is 4. The van der Waals surface area contributed by atoms with Crippen molar-refractivity contribution in [3.05, 3.63) is 66.0 Å². The first kappa shape index (κ1) is 15.5. The number of aromatic amines is 1. The molecule has 25 heavy (non-hydrogen) atoms. The number of fused-ring (bicyclic) bond motifs is 1. The highest BCUT2D eigenvalue weighted by Gasteiger charge is 2.14. The van der Waals surface area contributed by atoms with Crippen LogP contribution in [0.4, 0.5) is 0 Å². The quantitative estimate of drug-likeness (QED) is 0.605. The molecule has 0 spiro atoms. The maximum atomic E-state index is 5.46. The van der Waals surface area contributed by atoms with Crippen molar-refractivity contribution in [1.29, 1.82) is 0 Å². The molecule has 4 aromatic rings. The third kappa shape index (κ3) is 3.16. The van der Waals surface area contributed by atoms with E-state index in [0.29, 0.717) is 18.3 Å². The largest absolute Gasteiger partial charge is 0.424 e. The molecule has 0 radical (unpaired) electrons. The van der Waals surface area contributed by atoms with Gasteiger partial charge in [0, 0.05) is 24.6 Å². The highest BCUT2D eigenvalue weighted by molar-refractivity contribution is 5.96. The molecule has 2 aromatic heterocycles. The van der Waals surface area contributed by atoms with Crippen molar-refractivity contribution in [3.63, 3.8) is 0 Å². The van der Waals surface area contributed by atoms with E-state index in [-0.39, 0.29) is 0 Å². The van der Waals surface area contributed by atoms with Crippen LogP contribution in [0.3, 0.4) is 0 Å². The molecular formula is C19H19N5O. The number of H-pyrrole nitrogens is 1. The highest BCUT2D eigenvalue weighted by atomic mass is 16.4. The van der Waals surface area contributed by atoms with Crippen LogP contribution in [-0.2, 0) is 13.1 Å². The lowest BCUT2D eigenvalue weighted by atomic mass is 10.00. The van der Waals surface area contributed by atoms with Gasteiger partial charge in [-0.3, -0.25) is 10.00 Å². The molecule has 0 saturated carbocycles. The molecule has 0 aliphatic carbocycles. The topological polar surface area (TPSA) is 70.8 Å². The van der Waals surface area contributed by atoms with Crippen LogP contribution in [0.15, 0.2) is 53.1 Å². The van der Waals surface area contributed by atoms with Gasteiger partial charge in [0.05, 0.1) is 18.4 Å². The Morgan fingerprint density at radius 2 is 1.88 bits per heavy atom. The Morgan fingerprint density at radius 3 is 2.72 bits per heavy atom. The fourth-order valence-corrected chi connectivity index (χ4v) is 3.09. The number of aromatic nitrogens is 4. The smallest absolute Gasteiger partial charge is 0.230 e. The van der Waals surface area contributed by atoms with Gasteiger partial charge in [-0.15, -0.1) is 10.2 Å². The minimum absolute atomic E-state index is 0.586. The molecule has 0 saturated heterocycles. The van der Waals surface area contributed by atoms with E-state index in [0.717, 1.165) is 23.4 Å². The summed E-state index contributed by atoms with van der Waals surface area (Å²) in [5, 5.41) is 17.8. The van der Waals surface area contributed by atoms with Gasteiger partial charge in [0.1, 0.15) is 0 Å². The number of aryl methyl sites for hydroxylation is 1. The van der Waals surface area contributed by atoms with Crippen LogP contribution in [0.25, 0.3) is 22.0 Å². The SMILES string of the molecule is Cc1nnc(CN(C)Cc2cn[nH]c2-c2cccc3ccccc23)o1. The van der Waals surface area contributed by atoms with Gasteiger partial charge in [-0.2, -0.15) is 5.10 Å². The number of hydrogen-bond donors (Lipinski definition) is 1. The number of benzene rings is 2. The fourth-order valence-electron chi connectivity index (χ4n) is 3.09. The van der Waals surface area contributed by atoms with E-state index in [9.17, 15) is 0 Å². The zero-order valence-corrected chi connectivity index (χ0v) is 14.2. The van der Waals surface area contributed by atoms with Crippen molar-refractivity contribution in [1.82, 2.24) is 25.3 Å². The molecule has 2 heterocycles. The van der Waals surface area contributed by atoms with E-state index < -0.39 is 0 Å². The summed E-state index contributed by atoms with van der Waals surface area (Å²) in [6.45, 7) is 3.13. The normalized spacial score (nSPS) is 11.5. The van der Waals surface area contributed by atoms with E-state index in [1.807, 2.05) is 13.2 Å². The molecule has 0 aliphatic rings. The summed E-state index contributed by atoms with van der Waals surface area (Å²) in [5.74, 6) is 1.21. The lowest BCUT2D eigenvalue weighted by Crippen LogP contribution is -2.17. The molecule has 2 aromatic carbocycles. The first-order valence-corrected chi connectivity index (χ1v) is 8.18. The van der Waals surface area contributed by atoms with E-state index >= 15 is 0 Å². The molecule has 0 unspecified atom stereocenters. The number of nitrogens with one attached hydrogen (secondary N) is 1. The van der Waals surface area contributed by atoms with Crippen molar-refractivity contribution >= 4 is 10.8 Å². The zero-order valence-electron chi connectivity index (χ0n) is 14.2. The summed E-state index contributed by atoms with van der Waals surface area (Å²) in [6.07, 6.45) is 1.88. The van der Waals surface area contributed by atoms with Crippen LogP contribution in [0.2, 0.25) is 0 Å². The van der Waals surface area contributed by atoms with Crippen LogP contribution in [0.1, 0.15) is 17.3 Å². The van der Waals surface area contributed by atoms with Gasteiger partial charge in [-0.1, -0.05) is 42.5 Å². The second kappa shape index (κ2) is 6.49. The Hall–Kier alpha value is -2.99. The van der Waals surface area contributed by atoms with Crippen LogP contribution in [-0.4, -0.2) is 32.3 Å². The molecule has 0 bridgehead atoms. The fraction of sp³-hybridized carbons (Fsp3) is 0.211. The van der Waals surface area contributed by atoms with Crippen LogP contribution in [0.5, 0.6) is 0 Å². The lowest BCUT2D eigenvalue weighted by molar-refractivity contribution is 0.279. The zero-order chi connectivity index (χ0) is 17.2. The highest BCUT2D eigenvalue weighted by Crippen LogP contribution is 2.29. The predicted octanol–water partition coefficient (Wildman–Crippen LogP) is 3.55. The minimum Gasteiger partial charge on any atom is -0.424 e. The Bertz CT molecular complexity index is 998. The summed E-state index contributed by atoms with van der Waals surface area (Å²) < 4.78 is 5.46. The molecule has 0 atom stereocenters. The molecule has 126 valence electrons. The summed E-state index contributed by atoms with van der Waals surface area (Å²) >= 11 is 0. The Morgan fingerprint density at radius 1 is 1.04 bits per heavy atom. The molecule has 6 heteroatoms. The van der Waals surface area contributed by atoms with E-state index in [1.54, 1.807) is 6.92 Å². The molecule has 0 fully saturated rings. The van der Waals surface area contributed by atoms with E-state index in [4.69, 9.17) is 4.42 Å². The molecule has 4 rings (SSSR count). The summed E-state index contributed by atoms with van der Waals surface area (Å²) in [5.41, 5.74) is 3.34. The average molecular weight is 333 g/mol. The monoisotopic (exact) mass is 333 g/mol. The summed E-state index contributed by atoms with van der Waals surface area (Å²) in [6, 6.07) is 14.7. The second-order valence-corrected chi connectivity index (χ2v) is 6.18. The first-order valence-electron chi connectivity index (χ1n) is 8.18. The maximum absolute atomic E-state index is 5.46. The summed E-state index contributed by atoms with van der Waals surface area (Å²) in [7, 11) is 2.03. The van der Waals surface area contributed by atoms with Crippen molar-refractivity contribution in [2.24, 2.45) is 0 Å². The van der Waals surface area contributed by atoms with E-state index in [1.165, 1.54) is 10.8 Å². The van der Waals surface area contributed by atoms with Gasteiger partial charge < -0.3 is 4.42 Å². The van der Waals surface area contributed by atoms with Gasteiger partial charge in [-0.05, 0) is 17.8 Å². The standard InChI is InChI=1S/C19H19N5O/c1-13-21-22-18(25-13)12-24(2)11-15-10-20-23-19(15)17-9-5-7-14-6-3-4-8-16(14)17/h3-10H,11-12H2,1-2H3,(H,20,23). The molecule has 1 N–H and O–H groups in total. The van der Waals surface area contributed by atoms with Crippen LogP contribution >= 0.6 is 0 Å². The number of rotatable bonds is 5. The maximum Gasteiger partial charge on any atom is 0.230 e. The Balaban J connectivity index is 1.62.